The SMILES string of the molecule is C=C1c2ccccc2N(C(=O)c2ccc(Cl)cc2)C1(C(=O)NC(C)(C)C)c1ccccn1. The third-order valence-corrected chi connectivity index (χ3v) is 5.64. The lowest BCUT2D eigenvalue weighted by Crippen LogP contribution is -2.60. The maximum atomic E-state index is 14.0. The van der Waals surface area contributed by atoms with E-state index < -0.39 is 11.1 Å². The molecule has 1 aliphatic heterocycles. The number of anilines is 1. The van der Waals surface area contributed by atoms with Crippen LogP contribution in [0, 0.1) is 0 Å². The van der Waals surface area contributed by atoms with Crippen molar-refractivity contribution >= 4 is 34.7 Å². The van der Waals surface area contributed by atoms with Crippen LogP contribution < -0.4 is 10.2 Å². The maximum absolute atomic E-state index is 14.0. The zero-order valence-electron chi connectivity index (χ0n) is 18.2. The molecule has 1 aliphatic rings. The second-order valence-electron chi connectivity index (χ2n) is 8.77. The van der Waals surface area contributed by atoms with E-state index >= 15 is 0 Å². The van der Waals surface area contributed by atoms with Crippen molar-refractivity contribution in [1.82, 2.24) is 10.3 Å². The topological polar surface area (TPSA) is 62.3 Å². The Labute approximate surface area is 192 Å². The van der Waals surface area contributed by atoms with Gasteiger partial charge in [-0.2, -0.15) is 0 Å². The number of amides is 2. The standard InChI is InChI=1S/C26H24ClN3O2/c1-17-20-9-5-6-10-21(20)30(23(31)18-12-14-19(27)15-13-18)26(17,22-11-7-8-16-28-22)24(32)29-25(2,3)4/h5-16H,1H2,2-4H3,(H,29,32). The number of nitrogens with one attached hydrogen (secondary N) is 1. The van der Waals surface area contributed by atoms with Crippen molar-refractivity contribution in [3.63, 3.8) is 0 Å². The summed E-state index contributed by atoms with van der Waals surface area (Å²) < 4.78 is 0. The molecule has 0 saturated carbocycles. The van der Waals surface area contributed by atoms with Gasteiger partial charge in [0.05, 0.1) is 11.4 Å². The Morgan fingerprint density at radius 1 is 1.00 bits per heavy atom. The summed E-state index contributed by atoms with van der Waals surface area (Å²) in [5.74, 6) is -0.713. The van der Waals surface area contributed by atoms with Crippen LogP contribution in [0.3, 0.4) is 0 Å². The van der Waals surface area contributed by atoms with Crippen LogP contribution in [0.1, 0.15) is 42.4 Å². The van der Waals surface area contributed by atoms with Gasteiger partial charge in [0.25, 0.3) is 11.8 Å². The number of carbonyl (C=O) groups is 2. The fourth-order valence-electron chi connectivity index (χ4n) is 4.05. The number of fused-ring (bicyclic) bond motifs is 1. The lowest BCUT2D eigenvalue weighted by molar-refractivity contribution is -0.126. The number of benzene rings is 2. The molecule has 5 nitrogen and oxygen atoms in total. The lowest BCUT2D eigenvalue weighted by atomic mass is 9.83. The molecule has 1 N–H and O–H groups in total. The van der Waals surface area contributed by atoms with E-state index in [2.05, 4.69) is 16.9 Å². The van der Waals surface area contributed by atoms with Gasteiger partial charge in [-0.1, -0.05) is 42.4 Å². The van der Waals surface area contributed by atoms with Crippen LogP contribution in [0.5, 0.6) is 0 Å². The number of rotatable bonds is 3. The van der Waals surface area contributed by atoms with E-state index in [0.717, 1.165) is 5.56 Å². The molecule has 0 fully saturated rings. The molecule has 162 valence electrons. The van der Waals surface area contributed by atoms with Gasteiger partial charge in [-0.25, -0.2) is 0 Å². The molecule has 6 heteroatoms. The van der Waals surface area contributed by atoms with Gasteiger partial charge in [-0.3, -0.25) is 19.5 Å². The molecule has 1 aromatic heterocycles. The molecule has 0 bridgehead atoms. The summed E-state index contributed by atoms with van der Waals surface area (Å²) in [6, 6.07) is 19.3. The molecule has 3 aromatic rings. The first-order chi connectivity index (χ1) is 15.2. The largest absolute Gasteiger partial charge is 0.349 e. The maximum Gasteiger partial charge on any atom is 0.259 e. The Morgan fingerprint density at radius 3 is 2.28 bits per heavy atom. The minimum atomic E-state index is -1.55. The summed E-state index contributed by atoms with van der Waals surface area (Å²) in [5, 5.41) is 3.58. The molecule has 2 amide bonds. The van der Waals surface area contributed by atoms with Crippen LogP contribution in [0.15, 0.2) is 79.5 Å². The van der Waals surface area contributed by atoms with E-state index in [1.165, 1.54) is 4.90 Å². The third kappa shape index (κ3) is 3.49. The van der Waals surface area contributed by atoms with E-state index in [-0.39, 0.29) is 11.8 Å². The summed E-state index contributed by atoms with van der Waals surface area (Å²) in [6.07, 6.45) is 1.61. The van der Waals surface area contributed by atoms with Gasteiger partial charge < -0.3 is 5.32 Å². The van der Waals surface area contributed by atoms with E-state index in [9.17, 15) is 9.59 Å². The zero-order valence-corrected chi connectivity index (χ0v) is 19.0. The molecule has 0 radical (unpaired) electrons. The van der Waals surface area contributed by atoms with Crippen molar-refractivity contribution in [2.24, 2.45) is 0 Å². The molecule has 1 unspecified atom stereocenters. The molecule has 32 heavy (non-hydrogen) atoms. The molecule has 4 rings (SSSR count). The van der Waals surface area contributed by atoms with Crippen molar-refractivity contribution in [3.8, 4) is 0 Å². The van der Waals surface area contributed by atoms with Crippen LogP contribution >= 0.6 is 11.6 Å². The zero-order chi connectivity index (χ0) is 23.1. The number of hydrogen-bond donors (Lipinski definition) is 1. The van der Waals surface area contributed by atoms with Gasteiger partial charge in [0.15, 0.2) is 5.54 Å². The van der Waals surface area contributed by atoms with Crippen LogP contribution in [-0.4, -0.2) is 22.3 Å². The number of hydrogen-bond acceptors (Lipinski definition) is 3. The van der Waals surface area contributed by atoms with Crippen molar-refractivity contribution < 1.29 is 9.59 Å². The van der Waals surface area contributed by atoms with E-state index in [4.69, 9.17) is 11.6 Å². The second kappa shape index (κ2) is 7.92. The molecule has 1 atom stereocenters. The van der Waals surface area contributed by atoms with Gasteiger partial charge in [-0.05, 0) is 68.8 Å². The first-order valence-electron chi connectivity index (χ1n) is 10.3. The highest BCUT2D eigenvalue weighted by Crippen LogP contribution is 2.52. The number of nitrogens with zero attached hydrogens (tertiary/aromatic N) is 2. The number of aromatic nitrogens is 1. The van der Waals surface area contributed by atoms with Crippen LogP contribution in [0.25, 0.3) is 5.57 Å². The van der Waals surface area contributed by atoms with E-state index in [0.29, 0.717) is 27.5 Å². The summed E-state index contributed by atoms with van der Waals surface area (Å²) in [5.41, 5.74) is 0.568. The lowest BCUT2D eigenvalue weighted by Gasteiger charge is -2.39. The van der Waals surface area contributed by atoms with Crippen molar-refractivity contribution in [1.29, 1.82) is 0 Å². The highest BCUT2D eigenvalue weighted by molar-refractivity contribution is 6.30. The number of pyridine rings is 1. The summed E-state index contributed by atoms with van der Waals surface area (Å²) >= 11 is 6.04. The molecular formula is C26H24ClN3O2. The predicted octanol–water partition coefficient (Wildman–Crippen LogP) is 5.22. The van der Waals surface area contributed by atoms with E-state index in [1.54, 1.807) is 48.7 Å². The second-order valence-corrected chi connectivity index (χ2v) is 9.21. The fraction of sp³-hybridized carbons (Fsp3) is 0.192. The minimum absolute atomic E-state index is 0.345. The summed E-state index contributed by atoms with van der Waals surface area (Å²) in [4.78, 5) is 34.0. The predicted molar refractivity (Wildman–Crippen MR) is 128 cm³/mol. The molecule has 0 aliphatic carbocycles. The van der Waals surface area contributed by atoms with Gasteiger partial charge in [0.1, 0.15) is 0 Å². The third-order valence-electron chi connectivity index (χ3n) is 5.39. The number of para-hydroxylation sites is 1. The highest BCUT2D eigenvalue weighted by Gasteiger charge is 2.58. The highest BCUT2D eigenvalue weighted by atomic mass is 35.5. The number of halogens is 1. The smallest absolute Gasteiger partial charge is 0.259 e. The van der Waals surface area contributed by atoms with Crippen molar-refractivity contribution in [2.45, 2.75) is 31.8 Å². The molecule has 0 spiro atoms. The molecule has 2 aromatic carbocycles. The van der Waals surface area contributed by atoms with Crippen molar-refractivity contribution in [2.75, 3.05) is 4.90 Å². The van der Waals surface area contributed by atoms with Gasteiger partial charge in [0, 0.05) is 27.9 Å². The Bertz CT molecular complexity index is 1200. The molecule has 2 heterocycles. The Kier molecular flexibility index (Phi) is 5.39. The quantitative estimate of drug-likeness (QED) is 0.601. The van der Waals surface area contributed by atoms with Crippen LogP contribution in [0.2, 0.25) is 5.02 Å². The molecular weight excluding hydrogens is 422 g/mol. The molecule has 0 saturated heterocycles. The van der Waals surface area contributed by atoms with Crippen LogP contribution in [0.4, 0.5) is 5.69 Å². The summed E-state index contributed by atoms with van der Waals surface area (Å²) in [6.45, 7) is 9.99. The monoisotopic (exact) mass is 445 g/mol. The Morgan fingerprint density at radius 2 is 1.66 bits per heavy atom. The normalized spacial score (nSPS) is 17.8. The van der Waals surface area contributed by atoms with Crippen molar-refractivity contribution in [3.05, 3.63) is 101 Å². The first kappa shape index (κ1) is 21.8. The fourth-order valence-corrected chi connectivity index (χ4v) is 4.18. The van der Waals surface area contributed by atoms with Gasteiger partial charge in [-0.15, -0.1) is 0 Å². The van der Waals surface area contributed by atoms with Gasteiger partial charge in [0.2, 0.25) is 0 Å². The van der Waals surface area contributed by atoms with E-state index in [1.807, 2.05) is 45.0 Å². The average Bonchev–Trinajstić information content (AvgIpc) is 3.03. The number of carbonyl (C=O) groups excluding carboxylic acids is 2. The summed E-state index contributed by atoms with van der Waals surface area (Å²) in [7, 11) is 0. The first-order valence-corrected chi connectivity index (χ1v) is 10.7. The van der Waals surface area contributed by atoms with Crippen LogP contribution in [-0.2, 0) is 10.3 Å². The Hall–Kier alpha value is -3.44. The Balaban J connectivity index is 2.01. The minimum Gasteiger partial charge on any atom is -0.349 e. The average molecular weight is 446 g/mol. The van der Waals surface area contributed by atoms with Gasteiger partial charge >= 0.3 is 0 Å².